The summed E-state index contributed by atoms with van der Waals surface area (Å²) in [6, 6.07) is 6.50. The van der Waals surface area contributed by atoms with Gasteiger partial charge in [-0.1, -0.05) is 12.1 Å². The van der Waals surface area contributed by atoms with Gasteiger partial charge in [-0.05, 0) is 32.0 Å². The van der Waals surface area contributed by atoms with Crippen molar-refractivity contribution in [3.8, 4) is 0 Å². The van der Waals surface area contributed by atoms with E-state index in [1.165, 1.54) is 12.2 Å². The fourth-order valence-electron chi connectivity index (χ4n) is 1.52. The van der Waals surface area contributed by atoms with E-state index in [-0.39, 0.29) is 12.5 Å². The van der Waals surface area contributed by atoms with Gasteiger partial charge in [0.1, 0.15) is 0 Å². The molecule has 0 saturated heterocycles. The van der Waals surface area contributed by atoms with Crippen LogP contribution in [-0.4, -0.2) is 30.9 Å². The Morgan fingerprint density at radius 1 is 1.29 bits per heavy atom. The fourth-order valence-corrected chi connectivity index (χ4v) is 1.52. The molecule has 0 heterocycles. The molecule has 0 saturated carbocycles. The van der Waals surface area contributed by atoms with Crippen molar-refractivity contribution in [3.05, 3.63) is 42.0 Å². The number of hydrogen-bond acceptors (Lipinski definition) is 4. The first-order valence-electron chi connectivity index (χ1n) is 6.54. The molecule has 6 nitrogen and oxygen atoms in total. The van der Waals surface area contributed by atoms with E-state index in [2.05, 4.69) is 10.6 Å². The topological polar surface area (TPSA) is 84.5 Å². The van der Waals surface area contributed by atoms with Gasteiger partial charge in [0, 0.05) is 23.9 Å². The summed E-state index contributed by atoms with van der Waals surface area (Å²) < 4.78 is 4.72. The number of rotatable bonds is 6. The summed E-state index contributed by atoms with van der Waals surface area (Å²) in [6.45, 7) is 3.64. The van der Waals surface area contributed by atoms with Crippen molar-refractivity contribution >= 4 is 23.5 Å². The standard InChI is InChI=1S/C15H18N2O4/c1-3-6-14(19)21-10-13(18)17-12-8-5-7-11(9-12)15(20)16-4-2/h3,5-9H,4,10H2,1-2H3,(H,16,20)(H,17,18)/b6-3+. The minimum absolute atomic E-state index is 0.215. The lowest BCUT2D eigenvalue weighted by Crippen LogP contribution is -2.23. The van der Waals surface area contributed by atoms with Crippen LogP contribution >= 0.6 is 0 Å². The number of anilines is 1. The number of carbonyl (C=O) groups excluding carboxylic acids is 3. The van der Waals surface area contributed by atoms with E-state index in [9.17, 15) is 14.4 Å². The van der Waals surface area contributed by atoms with Gasteiger partial charge in [0.05, 0.1) is 0 Å². The van der Waals surface area contributed by atoms with Crippen LogP contribution < -0.4 is 10.6 Å². The number of allylic oxidation sites excluding steroid dienone is 1. The monoisotopic (exact) mass is 290 g/mol. The summed E-state index contributed by atoms with van der Waals surface area (Å²) in [7, 11) is 0. The lowest BCUT2D eigenvalue weighted by atomic mass is 10.2. The number of hydrogen-bond donors (Lipinski definition) is 2. The molecule has 0 fully saturated rings. The van der Waals surface area contributed by atoms with Crippen molar-refractivity contribution in [3.63, 3.8) is 0 Å². The van der Waals surface area contributed by atoms with E-state index in [1.54, 1.807) is 31.2 Å². The molecular formula is C15H18N2O4. The Bertz CT molecular complexity index is 552. The summed E-state index contributed by atoms with van der Waals surface area (Å²) in [6.07, 6.45) is 2.75. The van der Waals surface area contributed by atoms with Crippen LogP contribution in [0.2, 0.25) is 0 Å². The van der Waals surface area contributed by atoms with Gasteiger partial charge in [0.15, 0.2) is 6.61 Å². The average molecular weight is 290 g/mol. The second kappa shape index (κ2) is 8.52. The third kappa shape index (κ3) is 5.90. The average Bonchev–Trinajstić information content (AvgIpc) is 2.46. The van der Waals surface area contributed by atoms with E-state index in [4.69, 9.17) is 4.74 Å². The Morgan fingerprint density at radius 2 is 2.05 bits per heavy atom. The number of amides is 2. The molecule has 0 atom stereocenters. The highest BCUT2D eigenvalue weighted by atomic mass is 16.5. The Balaban J connectivity index is 2.58. The normalized spacial score (nSPS) is 10.2. The first kappa shape index (κ1) is 16.4. The first-order chi connectivity index (χ1) is 10.1. The van der Waals surface area contributed by atoms with Crippen molar-refractivity contribution in [1.82, 2.24) is 5.32 Å². The fraction of sp³-hybridized carbons (Fsp3) is 0.267. The quantitative estimate of drug-likeness (QED) is 0.614. The number of ether oxygens (including phenoxy) is 1. The van der Waals surface area contributed by atoms with Crippen LogP contribution in [0.4, 0.5) is 5.69 Å². The number of benzene rings is 1. The molecule has 0 bridgehead atoms. The molecule has 2 N–H and O–H groups in total. The third-order valence-corrected chi connectivity index (χ3v) is 2.39. The molecule has 21 heavy (non-hydrogen) atoms. The summed E-state index contributed by atoms with van der Waals surface area (Å²) in [5.41, 5.74) is 0.909. The molecule has 0 aliphatic rings. The molecule has 0 aliphatic heterocycles. The second-order valence-corrected chi connectivity index (χ2v) is 4.10. The van der Waals surface area contributed by atoms with Crippen molar-refractivity contribution in [1.29, 1.82) is 0 Å². The number of carbonyl (C=O) groups is 3. The van der Waals surface area contributed by atoms with Crippen LogP contribution in [0.3, 0.4) is 0 Å². The van der Waals surface area contributed by atoms with Gasteiger partial charge in [-0.3, -0.25) is 9.59 Å². The minimum Gasteiger partial charge on any atom is -0.452 e. The van der Waals surface area contributed by atoms with Crippen molar-refractivity contribution in [2.45, 2.75) is 13.8 Å². The highest BCUT2D eigenvalue weighted by Gasteiger charge is 2.08. The van der Waals surface area contributed by atoms with Gasteiger partial charge < -0.3 is 15.4 Å². The highest BCUT2D eigenvalue weighted by Crippen LogP contribution is 2.10. The molecule has 0 unspecified atom stereocenters. The van der Waals surface area contributed by atoms with Gasteiger partial charge in [-0.25, -0.2) is 4.79 Å². The zero-order valence-corrected chi connectivity index (χ0v) is 12.0. The van der Waals surface area contributed by atoms with Gasteiger partial charge >= 0.3 is 5.97 Å². The molecule has 0 aliphatic carbocycles. The van der Waals surface area contributed by atoms with Crippen LogP contribution in [0.25, 0.3) is 0 Å². The van der Waals surface area contributed by atoms with E-state index in [1.807, 2.05) is 6.92 Å². The van der Waals surface area contributed by atoms with Gasteiger partial charge in [0.2, 0.25) is 0 Å². The maximum atomic E-state index is 11.7. The van der Waals surface area contributed by atoms with E-state index in [0.717, 1.165) is 0 Å². The summed E-state index contributed by atoms with van der Waals surface area (Å²) in [5.74, 6) is -1.27. The molecule has 1 aromatic rings. The molecule has 0 spiro atoms. The first-order valence-corrected chi connectivity index (χ1v) is 6.54. The summed E-state index contributed by atoms with van der Waals surface area (Å²) in [4.78, 5) is 34.4. The van der Waals surface area contributed by atoms with E-state index in [0.29, 0.717) is 17.8 Å². The summed E-state index contributed by atoms with van der Waals surface area (Å²) >= 11 is 0. The zero-order chi connectivity index (χ0) is 15.7. The number of nitrogens with one attached hydrogen (secondary N) is 2. The molecule has 6 heteroatoms. The van der Waals surface area contributed by atoms with Crippen LogP contribution in [0.15, 0.2) is 36.4 Å². The van der Waals surface area contributed by atoms with Crippen LogP contribution in [-0.2, 0) is 14.3 Å². The lowest BCUT2D eigenvalue weighted by molar-refractivity contribution is -0.142. The maximum absolute atomic E-state index is 11.7. The molecular weight excluding hydrogens is 272 g/mol. The Kier molecular flexibility index (Phi) is 6.67. The Morgan fingerprint density at radius 3 is 2.71 bits per heavy atom. The van der Waals surface area contributed by atoms with Gasteiger partial charge in [-0.2, -0.15) is 0 Å². The predicted octanol–water partition coefficient (Wildman–Crippen LogP) is 1.49. The molecule has 2 amide bonds. The van der Waals surface area contributed by atoms with Crippen molar-refractivity contribution < 1.29 is 19.1 Å². The molecule has 1 rings (SSSR count). The van der Waals surface area contributed by atoms with Crippen LogP contribution in [0.5, 0.6) is 0 Å². The molecule has 1 aromatic carbocycles. The predicted molar refractivity (Wildman–Crippen MR) is 78.9 cm³/mol. The maximum Gasteiger partial charge on any atom is 0.330 e. The lowest BCUT2D eigenvalue weighted by Gasteiger charge is -2.07. The van der Waals surface area contributed by atoms with Gasteiger partial charge in [0.25, 0.3) is 11.8 Å². The smallest absolute Gasteiger partial charge is 0.330 e. The zero-order valence-electron chi connectivity index (χ0n) is 12.0. The third-order valence-electron chi connectivity index (χ3n) is 2.39. The van der Waals surface area contributed by atoms with Crippen LogP contribution in [0, 0.1) is 0 Å². The van der Waals surface area contributed by atoms with E-state index >= 15 is 0 Å². The number of esters is 1. The largest absolute Gasteiger partial charge is 0.452 e. The van der Waals surface area contributed by atoms with Crippen molar-refractivity contribution in [2.24, 2.45) is 0 Å². The summed E-state index contributed by atoms with van der Waals surface area (Å²) in [5, 5.41) is 5.22. The van der Waals surface area contributed by atoms with E-state index < -0.39 is 11.9 Å². The van der Waals surface area contributed by atoms with Crippen LogP contribution in [0.1, 0.15) is 24.2 Å². The molecule has 112 valence electrons. The second-order valence-electron chi connectivity index (χ2n) is 4.10. The Labute approximate surface area is 123 Å². The van der Waals surface area contributed by atoms with Crippen molar-refractivity contribution in [2.75, 3.05) is 18.5 Å². The van der Waals surface area contributed by atoms with Gasteiger partial charge in [-0.15, -0.1) is 0 Å². The SMILES string of the molecule is C/C=C/C(=O)OCC(=O)Nc1cccc(C(=O)NCC)c1. The minimum atomic E-state index is -0.580. The molecule has 0 aromatic heterocycles. The highest BCUT2D eigenvalue weighted by molar-refractivity contribution is 5.97. The Hall–Kier alpha value is -2.63. The molecule has 0 radical (unpaired) electrons.